The number of benzene rings is 1. The normalized spacial score (nSPS) is 10.1. The van der Waals surface area contributed by atoms with Gasteiger partial charge in [0.15, 0.2) is 5.82 Å². The molecule has 1 heterocycles. The van der Waals surface area contributed by atoms with E-state index in [0.29, 0.717) is 23.0 Å². The van der Waals surface area contributed by atoms with E-state index in [1.807, 2.05) is 14.0 Å². The highest BCUT2D eigenvalue weighted by atomic mass is 16.5. The molecule has 2 amide bonds. The molecule has 1 aromatic carbocycles. The second-order valence-electron chi connectivity index (χ2n) is 4.44. The number of carbonyl (C=O) groups is 1. The Kier molecular flexibility index (Phi) is 4.32. The second kappa shape index (κ2) is 6.17. The van der Waals surface area contributed by atoms with Crippen molar-refractivity contribution < 1.29 is 14.3 Å². The summed E-state index contributed by atoms with van der Waals surface area (Å²) in [6, 6.07) is 6.54. The van der Waals surface area contributed by atoms with Crippen LogP contribution in [0.4, 0.5) is 16.3 Å². The minimum Gasteiger partial charge on any atom is -0.497 e. The van der Waals surface area contributed by atoms with Gasteiger partial charge in [-0.05, 0) is 19.1 Å². The first kappa shape index (κ1) is 14.7. The van der Waals surface area contributed by atoms with Crippen molar-refractivity contribution in [1.29, 1.82) is 0 Å². The van der Waals surface area contributed by atoms with Gasteiger partial charge in [-0.1, -0.05) is 0 Å². The monoisotopic (exact) mass is 290 g/mol. The van der Waals surface area contributed by atoms with Crippen LogP contribution in [-0.2, 0) is 7.05 Å². The van der Waals surface area contributed by atoms with Crippen LogP contribution in [0.3, 0.4) is 0 Å². The van der Waals surface area contributed by atoms with Gasteiger partial charge in [0.1, 0.15) is 11.5 Å². The third kappa shape index (κ3) is 3.44. The number of rotatable bonds is 4. The molecule has 0 spiro atoms. The standard InChI is InChI=1S/C14H18N4O3/c1-9-7-13(17-18(9)2)16-14(19)15-11-8-10(20-3)5-6-12(11)21-4/h5-8H,1-4H3,(H2,15,16,17,19). The van der Waals surface area contributed by atoms with Gasteiger partial charge < -0.3 is 14.8 Å². The molecule has 7 nitrogen and oxygen atoms in total. The number of carbonyl (C=O) groups excluding carboxylic acids is 1. The average molecular weight is 290 g/mol. The van der Waals surface area contributed by atoms with E-state index in [1.165, 1.54) is 7.11 Å². The maximum absolute atomic E-state index is 12.0. The molecule has 21 heavy (non-hydrogen) atoms. The van der Waals surface area contributed by atoms with E-state index >= 15 is 0 Å². The van der Waals surface area contributed by atoms with Crippen LogP contribution >= 0.6 is 0 Å². The fourth-order valence-electron chi connectivity index (χ4n) is 1.80. The molecule has 112 valence electrons. The summed E-state index contributed by atoms with van der Waals surface area (Å²) in [6.07, 6.45) is 0. The summed E-state index contributed by atoms with van der Waals surface area (Å²) in [7, 11) is 4.90. The van der Waals surface area contributed by atoms with Crippen LogP contribution in [0.25, 0.3) is 0 Å². The maximum Gasteiger partial charge on any atom is 0.325 e. The van der Waals surface area contributed by atoms with Crippen LogP contribution in [0.1, 0.15) is 5.69 Å². The van der Waals surface area contributed by atoms with E-state index in [9.17, 15) is 4.79 Å². The van der Waals surface area contributed by atoms with Gasteiger partial charge in [0.2, 0.25) is 0 Å². The van der Waals surface area contributed by atoms with Crippen LogP contribution in [-0.4, -0.2) is 30.0 Å². The number of urea groups is 1. The average Bonchev–Trinajstić information content (AvgIpc) is 2.76. The fraction of sp³-hybridized carbons (Fsp3) is 0.286. The lowest BCUT2D eigenvalue weighted by atomic mass is 10.2. The number of ether oxygens (including phenoxy) is 2. The predicted octanol–water partition coefficient (Wildman–Crippen LogP) is 2.39. The summed E-state index contributed by atoms with van der Waals surface area (Å²) in [4.78, 5) is 12.0. The first-order chi connectivity index (χ1) is 10.0. The van der Waals surface area contributed by atoms with Crippen molar-refractivity contribution in [2.75, 3.05) is 24.9 Å². The van der Waals surface area contributed by atoms with Crippen molar-refractivity contribution in [2.45, 2.75) is 6.92 Å². The van der Waals surface area contributed by atoms with Crippen molar-refractivity contribution in [1.82, 2.24) is 9.78 Å². The molecule has 0 aliphatic heterocycles. The topological polar surface area (TPSA) is 77.4 Å². The summed E-state index contributed by atoms with van der Waals surface area (Å²) < 4.78 is 12.0. The molecule has 7 heteroatoms. The van der Waals surface area contributed by atoms with Crippen molar-refractivity contribution >= 4 is 17.5 Å². The summed E-state index contributed by atoms with van der Waals surface area (Å²) in [5.74, 6) is 1.65. The number of hydrogen-bond donors (Lipinski definition) is 2. The molecule has 0 aliphatic rings. The molecular weight excluding hydrogens is 272 g/mol. The Balaban J connectivity index is 2.11. The lowest BCUT2D eigenvalue weighted by Crippen LogP contribution is -2.20. The molecule has 2 N–H and O–H groups in total. The Hall–Kier alpha value is -2.70. The molecule has 0 unspecified atom stereocenters. The van der Waals surface area contributed by atoms with Crippen molar-refractivity contribution in [2.24, 2.45) is 7.05 Å². The third-order valence-electron chi connectivity index (χ3n) is 3.01. The summed E-state index contributed by atoms with van der Waals surface area (Å²) >= 11 is 0. The number of hydrogen-bond acceptors (Lipinski definition) is 4. The van der Waals surface area contributed by atoms with Gasteiger partial charge in [0.05, 0.1) is 19.9 Å². The highest BCUT2D eigenvalue weighted by molar-refractivity contribution is 6.00. The van der Waals surface area contributed by atoms with Gasteiger partial charge in [-0.2, -0.15) is 5.10 Å². The van der Waals surface area contributed by atoms with E-state index in [4.69, 9.17) is 9.47 Å². The zero-order valence-corrected chi connectivity index (χ0v) is 12.4. The van der Waals surface area contributed by atoms with Crippen LogP contribution in [0, 0.1) is 6.92 Å². The smallest absolute Gasteiger partial charge is 0.325 e. The second-order valence-corrected chi connectivity index (χ2v) is 4.44. The Bertz CT molecular complexity index is 632. The Labute approximate surface area is 122 Å². The molecule has 0 saturated heterocycles. The zero-order chi connectivity index (χ0) is 15.4. The SMILES string of the molecule is COc1ccc(OC)c(NC(=O)Nc2cc(C)n(C)n2)c1. The van der Waals surface area contributed by atoms with Crippen molar-refractivity contribution in [3.05, 3.63) is 30.0 Å². The van der Waals surface area contributed by atoms with E-state index in [1.54, 1.807) is 36.1 Å². The number of methoxy groups -OCH3 is 2. The molecule has 0 bridgehead atoms. The van der Waals surface area contributed by atoms with Gasteiger partial charge in [0.25, 0.3) is 0 Å². The highest BCUT2D eigenvalue weighted by Gasteiger charge is 2.10. The predicted molar refractivity (Wildman–Crippen MR) is 80.1 cm³/mol. The van der Waals surface area contributed by atoms with E-state index < -0.39 is 6.03 Å². The Morgan fingerprint density at radius 3 is 2.52 bits per heavy atom. The quantitative estimate of drug-likeness (QED) is 0.906. The van der Waals surface area contributed by atoms with E-state index in [2.05, 4.69) is 15.7 Å². The van der Waals surface area contributed by atoms with Gasteiger partial charge in [0, 0.05) is 24.9 Å². The van der Waals surface area contributed by atoms with Gasteiger partial charge in [-0.15, -0.1) is 0 Å². The molecular formula is C14H18N4O3. The Morgan fingerprint density at radius 2 is 1.95 bits per heavy atom. The lowest BCUT2D eigenvalue weighted by Gasteiger charge is -2.11. The Morgan fingerprint density at radius 1 is 1.19 bits per heavy atom. The van der Waals surface area contributed by atoms with Crippen LogP contribution in [0.15, 0.2) is 24.3 Å². The number of nitrogens with zero attached hydrogens (tertiary/aromatic N) is 2. The molecule has 1 aromatic heterocycles. The highest BCUT2D eigenvalue weighted by Crippen LogP contribution is 2.28. The number of aromatic nitrogens is 2. The van der Waals surface area contributed by atoms with Crippen LogP contribution < -0.4 is 20.1 Å². The van der Waals surface area contributed by atoms with E-state index in [-0.39, 0.29) is 0 Å². The number of nitrogens with one attached hydrogen (secondary N) is 2. The largest absolute Gasteiger partial charge is 0.497 e. The summed E-state index contributed by atoms with van der Waals surface area (Å²) in [6.45, 7) is 1.90. The number of aryl methyl sites for hydroxylation is 2. The molecule has 0 fully saturated rings. The van der Waals surface area contributed by atoms with Crippen molar-refractivity contribution in [3.63, 3.8) is 0 Å². The van der Waals surface area contributed by atoms with Gasteiger partial charge in [-0.25, -0.2) is 4.79 Å². The third-order valence-corrected chi connectivity index (χ3v) is 3.01. The lowest BCUT2D eigenvalue weighted by molar-refractivity contribution is 0.262. The molecule has 0 atom stereocenters. The molecule has 2 aromatic rings. The first-order valence-corrected chi connectivity index (χ1v) is 6.34. The number of amides is 2. The molecule has 0 saturated carbocycles. The van der Waals surface area contributed by atoms with Crippen LogP contribution in [0.2, 0.25) is 0 Å². The maximum atomic E-state index is 12.0. The minimum atomic E-state index is -0.403. The molecule has 2 rings (SSSR count). The van der Waals surface area contributed by atoms with Crippen LogP contribution in [0.5, 0.6) is 11.5 Å². The zero-order valence-electron chi connectivity index (χ0n) is 12.4. The molecule has 0 radical (unpaired) electrons. The first-order valence-electron chi connectivity index (χ1n) is 6.34. The van der Waals surface area contributed by atoms with Gasteiger partial charge in [-0.3, -0.25) is 10.00 Å². The van der Waals surface area contributed by atoms with E-state index in [0.717, 1.165) is 5.69 Å². The summed E-state index contributed by atoms with van der Waals surface area (Å²) in [5, 5.41) is 9.53. The molecule has 0 aliphatic carbocycles. The fourth-order valence-corrected chi connectivity index (χ4v) is 1.80. The minimum absolute atomic E-state index is 0.403. The van der Waals surface area contributed by atoms with Gasteiger partial charge >= 0.3 is 6.03 Å². The van der Waals surface area contributed by atoms with Crippen molar-refractivity contribution in [3.8, 4) is 11.5 Å². The number of anilines is 2. The summed E-state index contributed by atoms with van der Waals surface area (Å²) in [5.41, 5.74) is 1.46.